The Morgan fingerprint density at radius 1 is 1.30 bits per heavy atom. The molecule has 3 fully saturated rings. The van der Waals surface area contributed by atoms with Crippen LogP contribution < -0.4 is 5.32 Å². The summed E-state index contributed by atoms with van der Waals surface area (Å²) in [6.45, 7) is 7.48. The number of likely N-dealkylation sites (tertiary alicyclic amines) is 1. The Labute approximate surface area is 215 Å². The SMILES string of the molecule is CCOC(=O)[C@@H]1[C@H]2C(=O)N([C@@H](CO)CC(C)C)C(C(=O)NCn3nnc4ccccc43)C23CC[C@@]1(C)O3. The minimum Gasteiger partial charge on any atom is -0.466 e. The summed E-state index contributed by atoms with van der Waals surface area (Å²) in [7, 11) is 0. The van der Waals surface area contributed by atoms with Crippen LogP contribution in [0.5, 0.6) is 0 Å². The van der Waals surface area contributed by atoms with Crippen LogP contribution in [0.3, 0.4) is 0 Å². The van der Waals surface area contributed by atoms with Crippen LogP contribution in [-0.2, 0) is 30.5 Å². The van der Waals surface area contributed by atoms with Gasteiger partial charge in [-0.15, -0.1) is 5.10 Å². The van der Waals surface area contributed by atoms with Gasteiger partial charge in [0, 0.05) is 0 Å². The highest BCUT2D eigenvalue weighted by atomic mass is 16.6. The smallest absolute Gasteiger partial charge is 0.312 e. The number of amides is 2. The molecule has 1 aromatic heterocycles. The summed E-state index contributed by atoms with van der Waals surface area (Å²) in [5.74, 6) is -2.73. The number of aliphatic hydroxyl groups excluding tert-OH is 1. The number of aliphatic hydroxyl groups is 1. The maximum absolute atomic E-state index is 14.1. The highest BCUT2D eigenvalue weighted by molar-refractivity contribution is 5.98. The van der Waals surface area contributed by atoms with Crippen LogP contribution in [0.15, 0.2) is 24.3 Å². The first kappa shape index (κ1) is 25.6. The molecule has 2 N–H and O–H groups in total. The molecule has 3 aliphatic rings. The fourth-order valence-electron chi connectivity index (χ4n) is 6.75. The van der Waals surface area contributed by atoms with E-state index in [1.54, 1.807) is 11.6 Å². The lowest BCUT2D eigenvalue weighted by molar-refractivity contribution is -0.160. The average Bonchev–Trinajstić information content (AvgIpc) is 3.56. The zero-order chi connectivity index (χ0) is 26.5. The largest absolute Gasteiger partial charge is 0.466 e. The van der Waals surface area contributed by atoms with E-state index in [0.29, 0.717) is 24.8 Å². The zero-order valence-electron chi connectivity index (χ0n) is 21.7. The average molecular weight is 514 g/mol. The van der Waals surface area contributed by atoms with Crippen molar-refractivity contribution >= 4 is 28.8 Å². The minimum absolute atomic E-state index is 0.0468. The summed E-state index contributed by atoms with van der Waals surface area (Å²) in [6, 6.07) is 5.83. The number of hydrogen-bond donors (Lipinski definition) is 2. The number of rotatable bonds is 9. The molecule has 3 aliphatic heterocycles. The second kappa shape index (κ2) is 9.36. The van der Waals surface area contributed by atoms with Crippen LogP contribution >= 0.6 is 0 Å². The number of nitrogens with zero attached hydrogens (tertiary/aromatic N) is 4. The molecule has 0 radical (unpaired) electrons. The number of ether oxygens (including phenoxy) is 2. The van der Waals surface area contributed by atoms with E-state index >= 15 is 0 Å². The molecule has 2 bridgehead atoms. The standard InChI is InChI=1S/C26H35N5O6/c1-5-36-24(35)20-19-23(34)31(16(13-32)12-15(2)3)21(26(19)11-10-25(20,4)37-26)22(33)27-14-30-18-9-7-6-8-17(18)28-29-30/h6-9,15-16,19-21,32H,5,10-14H2,1-4H3,(H,27,33)/t16-,19+,20+,21?,25-,26?/m1/s1. The molecular weight excluding hydrogens is 478 g/mol. The summed E-state index contributed by atoms with van der Waals surface area (Å²) in [5, 5.41) is 21.5. The summed E-state index contributed by atoms with van der Waals surface area (Å²) in [4.78, 5) is 42.6. The van der Waals surface area contributed by atoms with Crippen LogP contribution in [0.4, 0.5) is 0 Å². The van der Waals surface area contributed by atoms with E-state index in [-0.39, 0.29) is 31.7 Å². The Hall–Kier alpha value is -3.05. The van der Waals surface area contributed by atoms with Crippen molar-refractivity contribution in [2.24, 2.45) is 17.8 Å². The van der Waals surface area contributed by atoms with Gasteiger partial charge in [0.1, 0.15) is 29.7 Å². The second-order valence-electron chi connectivity index (χ2n) is 11.0. The van der Waals surface area contributed by atoms with E-state index < -0.39 is 47.0 Å². The summed E-state index contributed by atoms with van der Waals surface area (Å²) >= 11 is 0. The Morgan fingerprint density at radius 3 is 2.76 bits per heavy atom. The fraction of sp³-hybridized carbons (Fsp3) is 0.654. The van der Waals surface area contributed by atoms with Crippen molar-refractivity contribution in [2.45, 2.75) is 76.9 Å². The van der Waals surface area contributed by atoms with Crippen LogP contribution in [0.25, 0.3) is 11.0 Å². The van der Waals surface area contributed by atoms with Crippen molar-refractivity contribution < 1.29 is 29.0 Å². The van der Waals surface area contributed by atoms with Gasteiger partial charge in [-0.3, -0.25) is 14.4 Å². The Morgan fingerprint density at radius 2 is 2.05 bits per heavy atom. The molecule has 1 spiro atoms. The molecular formula is C26H35N5O6. The maximum atomic E-state index is 14.1. The number of carbonyl (C=O) groups excluding carboxylic acids is 3. The van der Waals surface area contributed by atoms with Gasteiger partial charge in [-0.05, 0) is 51.2 Å². The quantitative estimate of drug-likeness (QED) is 0.478. The number of benzene rings is 1. The van der Waals surface area contributed by atoms with Gasteiger partial charge in [0.15, 0.2) is 0 Å². The first-order chi connectivity index (χ1) is 17.7. The molecule has 2 aromatic rings. The zero-order valence-corrected chi connectivity index (χ0v) is 21.7. The predicted octanol–water partition coefficient (Wildman–Crippen LogP) is 1.24. The molecule has 1 aromatic carbocycles. The lowest BCUT2D eigenvalue weighted by atomic mass is 9.66. The molecule has 2 amide bonds. The van der Waals surface area contributed by atoms with Gasteiger partial charge < -0.3 is 24.8 Å². The highest BCUT2D eigenvalue weighted by Crippen LogP contribution is 2.63. The van der Waals surface area contributed by atoms with Gasteiger partial charge in [-0.25, -0.2) is 4.68 Å². The van der Waals surface area contributed by atoms with Crippen molar-refractivity contribution in [3.63, 3.8) is 0 Å². The van der Waals surface area contributed by atoms with E-state index in [1.165, 1.54) is 4.90 Å². The molecule has 37 heavy (non-hydrogen) atoms. The molecule has 6 atom stereocenters. The molecule has 0 saturated carbocycles. The van der Waals surface area contributed by atoms with Crippen LogP contribution in [-0.4, -0.2) is 79.3 Å². The van der Waals surface area contributed by atoms with E-state index in [1.807, 2.05) is 45.0 Å². The third-order valence-electron chi connectivity index (χ3n) is 8.17. The van der Waals surface area contributed by atoms with Crippen molar-refractivity contribution in [3.05, 3.63) is 24.3 Å². The van der Waals surface area contributed by atoms with Gasteiger partial charge in [0.25, 0.3) is 0 Å². The predicted molar refractivity (Wildman–Crippen MR) is 132 cm³/mol. The topological polar surface area (TPSA) is 136 Å². The third-order valence-corrected chi connectivity index (χ3v) is 8.17. The molecule has 3 saturated heterocycles. The van der Waals surface area contributed by atoms with Gasteiger partial charge >= 0.3 is 5.97 Å². The number of carbonyl (C=O) groups is 3. The molecule has 5 rings (SSSR count). The summed E-state index contributed by atoms with van der Waals surface area (Å²) in [6.07, 6.45) is 1.49. The number of hydrogen-bond acceptors (Lipinski definition) is 8. The Bertz CT molecular complexity index is 1220. The van der Waals surface area contributed by atoms with E-state index in [4.69, 9.17) is 9.47 Å². The number of aromatic nitrogens is 3. The van der Waals surface area contributed by atoms with Crippen LogP contribution in [0.1, 0.15) is 47.0 Å². The molecule has 4 heterocycles. The van der Waals surface area contributed by atoms with E-state index in [0.717, 1.165) is 5.52 Å². The number of esters is 1. The number of fused-ring (bicyclic) bond motifs is 2. The van der Waals surface area contributed by atoms with Crippen molar-refractivity contribution in [1.29, 1.82) is 0 Å². The molecule has 2 unspecified atom stereocenters. The van der Waals surface area contributed by atoms with Crippen LogP contribution in [0, 0.1) is 17.8 Å². The molecule has 0 aliphatic carbocycles. The van der Waals surface area contributed by atoms with Gasteiger partial charge in [-0.1, -0.05) is 31.2 Å². The highest BCUT2D eigenvalue weighted by Gasteiger charge is 2.78. The second-order valence-corrected chi connectivity index (χ2v) is 11.0. The minimum atomic E-state index is -1.18. The van der Waals surface area contributed by atoms with Gasteiger partial charge in [0.2, 0.25) is 11.8 Å². The van der Waals surface area contributed by atoms with E-state index in [9.17, 15) is 19.5 Å². The summed E-state index contributed by atoms with van der Waals surface area (Å²) < 4.78 is 13.5. The Kier molecular flexibility index (Phi) is 6.47. The van der Waals surface area contributed by atoms with Gasteiger partial charge in [0.05, 0.1) is 36.3 Å². The monoisotopic (exact) mass is 513 g/mol. The molecule has 11 nitrogen and oxygen atoms in total. The number of para-hydroxylation sites is 1. The number of nitrogens with one attached hydrogen (secondary N) is 1. The van der Waals surface area contributed by atoms with Crippen molar-refractivity contribution in [2.75, 3.05) is 13.2 Å². The van der Waals surface area contributed by atoms with Crippen molar-refractivity contribution in [1.82, 2.24) is 25.2 Å². The maximum Gasteiger partial charge on any atom is 0.312 e. The van der Waals surface area contributed by atoms with Crippen molar-refractivity contribution in [3.8, 4) is 0 Å². The van der Waals surface area contributed by atoms with Crippen LogP contribution in [0.2, 0.25) is 0 Å². The third kappa shape index (κ3) is 3.90. The lowest BCUT2D eigenvalue weighted by Gasteiger charge is -2.37. The van der Waals surface area contributed by atoms with E-state index in [2.05, 4.69) is 15.6 Å². The lowest BCUT2D eigenvalue weighted by Crippen LogP contribution is -2.58. The van der Waals surface area contributed by atoms with Gasteiger partial charge in [-0.2, -0.15) is 0 Å². The first-order valence-electron chi connectivity index (χ1n) is 13.0. The summed E-state index contributed by atoms with van der Waals surface area (Å²) in [5.41, 5.74) is -0.610. The first-order valence-corrected chi connectivity index (χ1v) is 13.0. The molecule has 11 heteroatoms. The fourth-order valence-corrected chi connectivity index (χ4v) is 6.75. The normalized spacial score (nSPS) is 31.2. The Balaban J connectivity index is 1.50. The molecule has 200 valence electrons.